The Morgan fingerprint density at radius 1 is 1.23 bits per heavy atom. The first-order chi connectivity index (χ1) is 14.9. The van der Waals surface area contributed by atoms with E-state index in [0.29, 0.717) is 17.5 Å². The van der Waals surface area contributed by atoms with Crippen molar-refractivity contribution in [1.82, 2.24) is 24.5 Å². The highest BCUT2D eigenvalue weighted by atomic mass is 32.2. The molecule has 0 atom stereocenters. The fraction of sp³-hybridized carbons (Fsp3) is 0.455. The summed E-state index contributed by atoms with van der Waals surface area (Å²) in [6, 6.07) is 5.94. The molecule has 1 saturated carbocycles. The minimum absolute atomic E-state index is 0.0740. The molecule has 4 rings (SSSR count). The summed E-state index contributed by atoms with van der Waals surface area (Å²) < 4.78 is 12.6. The summed E-state index contributed by atoms with van der Waals surface area (Å²) in [4.78, 5) is 24.4. The number of carbonyl (C=O) groups excluding carboxylic acids is 1. The first kappa shape index (κ1) is 21.4. The number of methoxy groups -OCH3 is 2. The number of ether oxygens (including phenoxy) is 2. The number of thioether (sulfide) groups is 1. The van der Waals surface area contributed by atoms with Crippen LogP contribution in [0.5, 0.6) is 11.5 Å². The molecule has 1 amide bonds. The Labute approximate surface area is 186 Å². The second kappa shape index (κ2) is 8.74. The van der Waals surface area contributed by atoms with Gasteiger partial charge in [0.1, 0.15) is 11.5 Å². The van der Waals surface area contributed by atoms with Gasteiger partial charge in [-0.15, -0.1) is 5.10 Å². The first-order valence-electron chi connectivity index (χ1n) is 10.2. The quantitative estimate of drug-likeness (QED) is 0.497. The molecule has 0 N–H and O–H groups in total. The molecule has 164 valence electrons. The number of nitrogens with zero attached hydrogens (tertiary/aromatic N) is 5. The van der Waals surface area contributed by atoms with E-state index in [1.54, 1.807) is 18.7 Å². The van der Waals surface area contributed by atoms with E-state index >= 15 is 0 Å². The first-order valence-corrected chi connectivity index (χ1v) is 11.4. The van der Waals surface area contributed by atoms with Gasteiger partial charge in [0.15, 0.2) is 0 Å². The van der Waals surface area contributed by atoms with Gasteiger partial charge in [-0.3, -0.25) is 4.79 Å². The van der Waals surface area contributed by atoms with E-state index in [1.165, 1.54) is 11.8 Å². The van der Waals surface area contributed by atoms with Crippen molar-refractivity contribution in [2.75, 3.05) is 20.5 Å². The lowest BCUT2D eigenvalue weighted by Gasteiger charge is -2.24. The Balaban J connectivity index is 1.62. The van der Waals surface area contributed by atoms with Gasteiger partial charge in [-0.05, 0) is 51.1 Å². The Kier molecular flexibility index (Phi) is 6.04. The smallest absolute Gasteiger partial charge is 0.253 e. The van der Waals surface area contributed by atoms with Crippen LogP contribution in [0.25, 0.3) is 5.78 Å². The lowest BCUT2D eigenvalue weighted by molar-refractivity contribution is -0.131. The van der Waals surface area contributed by atoms with Gasteiger partial charge in [-0.2, -0.15) is 4.98 Å². The monoisotopic (exact) mass is 441 g/mol. The van der Waals surface area contributed by atoms with E-state index in [-0.39, 0.29) is 18.4 Å². The van der Waals surface area contributed by atoms with E-state index in [1.807, 2.05) is 43.2 Å². The molecule has 1 aromatic carbocycles. The Morgan fingerprint density at radius 2 is 2.00 bits per heavy atom. The number of hydrogen-bond acceptors (Lipinski definition) is 7. The van der Waals surface area contributed by atoms with Crippen molar-refractivity contribution in [3.05, 3.63) is 40.7 Å². The van der Waals surface area contributed by atoms with Crippen molar-refractivity contribution in [3.63, 3.8) is 0 Å². The molecule has 31 heavy (non-hydrogen) atoms. The summed E-state index contributed by atoms with van der Waals surface area (Å²) in [7, 11) is 3.28. The number of rotatable bonds is 8. The van der Waals surface area contributed by atoms with Gasteiger partial charge in [-0.25, -0.2) is 9.50 Å². The van der Waals surface area contributed by atoms with Crippen LogP contribution in [0, 0.1) is 13.8 Å². The maximum absolute atomic E-state index is 13.4. The predicted molar refractivity (Wildman–Crippen MR) is 119 cm³/mol. The highest BCUT2D eigenvalue weighted by Gasteiger charge is 2.33. The van der Waals surface area contributed by atoms with Crippen LogP contribution in [0.15, 0.2) is 23.4 Å². The third-order valence-electron chi connectivity index (χ3n) is 5.68. The molecular weight excluding hydrogens is 414 g/mol. The molecule has 1 fully saturated rings. The Hall–Kier alpha value is -2.81. The molecule has 2 heterocycles. The average Bonchev–Trinajstić information content (AvgIpc) is 3.53. The molecule has 9 heteroatoms. The molecule has 0 unspecified atom stereocenters. The number of hydrogen-bond donors (Lipinski definition) is 0. The van der Waals surface area contributed by atoms with Crippen LogP contribution in [0.4, 0.5) is 0 Å². The van der Waals surface area contributed by atoms with Crippen molar-refractivity contribution in [1.29, 1.82) is 0 Å². The molecule has 0 bridgehead atoms. The van der Waals surface area contributed by atoms with E-state index in [0.717, 1.165) is 46.9 Å². The molecule has 1 aliphatic carbocycles. The predicted octanol–water partition coefficient (Wildman–Crippen LogP) is 3.21. The second-order valence-electron chi connectivity index (χ2n) is 7.68. The summed E-state index contributed by atoms with van der Waals surface area (Å²) in [5.41, 5.74) is 3.55. The van der Waals surface area contributed by atoms with Crippen LogP contribution in [0.2, 0.25) is 0 Å². The highest BCUT2D eigenvalue weighted by molar-refractivity contribution is 7.98. The van der Waals surface area contributed by atoms with Gasteiger partial charge in [-0.1, -0.05) is 11.8 Å². The van der Waals surface area contributed by atoms with E-state index in [9.17, 15) is 4.79 Å². The number of amides is 1. The fourth-order valence-corrected chi connectivity index (χ4v) is 4.12. The summed E-state index contributed by atoms with van der Waals surface area (Å²) in [5, 5.41) is 5.16. The van der Waals surface area contributed by atoms with Gasteiger partial charge in [0, 0.05) is 35.1 Å². The van der Waals surface area contributed by atoms with Crippen LogP contribution in [-0.4, -0.2) is 56.9 Å². The van der Waals surface area contributed by atoms with Gasteiger partial charge >= 0.3 is 0 Å². The van der Waals surface area contributed by atoms with Crippen LogP contribution < -0.4 is 9.47 Å². The number of aromatic nitrogens is 4. The van der Waals surface area contributed by atoms with E-state index in [2.05, 4.69) is 15.1 Å². The standard InChI is InChI=1S/C22H27N5O3S/c1-13-18(14(2)27-21(23-13)24-22(25-27)31-5)11-20(28)26(16-6-7-16)12-15-10-17(29-3)8-9-19(15)30-4/h8-10,16H,6-7,11-12H2,1-5H3. The highest BCUT2D eigenvalue weighted by Crippen LogP contribution is 2.33. The van der Waals surface area contributed by atoms with Gasteiger partial charge in [0.25, 0.3) is 5.78 Å². The van der Waals surface area contributed by atoms with E-state index < -0.39 is 0 Å². The number of aryl methyl sites for hydroxylation is 2. The Bertz CT molecular complexity index is 1130. The molecule has 8 nitrogen and oxygen atoms in total. The number of benzene rings is 1. The fourth-order valence-electron chi connectivity index (χ4n) is 3.78. The molecular formula is C22H27N5O3S. The number of fused-ring (bicyclic) bond motifs is 1. The van der Waals surface area contributed by atoms with Crippen molar-refractivity contribution in [3.8, 4) is 11.5 Å². The van der Waals surface area contributed by atoms with Gasteiger partial charge in [0.2, 0.25) is 11.1 Å². The van der Waals surface area contributed by atoms with E-state index in [4.69, 9.17) is 9.47 Å². The summed E-state index contributed by atoms with van der Waals surface area (Å²) >= 11 is 1.47. The van der Waals surface area contributed by atoms with Crippen LogP contribution >= 0.6 is 11.8 Å². The van der Waals surface area contributed by atoms with Crippen LogP contribution in [0.3, 0.4) is 0 Å². The Morgan fingerprint density at radius 3 is 2.65 bits per heavy atom. The lowest BCUT2D eigenvalue weighted by Crippen LogP contribution is -2.34. The van der Waals surface area contributed by atoms with Crippen molar-refractivity contribution in [2.24, 2.45) is 0 Å². The third kappa shape index (κ3) is 4.32. The molecule has 2 aromatic heterocycles. The summed E-state index contributed by atoms with van der Waals surface area (Å²) in [6.07, 6.45) is 4.25. The lowest BCUT2D eigenvalue weighted by atomic mass is 10.1. The average molecular weight is 442 g/mol. The van der Waals surface area contributed by atoms with Gasteiger partial charge < -0.3 is 14.4 Å². The van der Waals surface area contributed by atoms with Crippen molar-refractivity contribution in [2.45, 2.75) is 50.9 Å². The molecule has 1 aliphatic rings. The largest absolute Gasteiger partial charge is 0.497 e. The SMILES string of the molecule is COc1ccc(OC)c(CN(C(=O)Cc2c(C)nc3nc(SC)nn3c2C)C2CC2)c1. The van der Waals surface area contributed by atoms with Crippen molar-refractivity contribution < 1.29 is 14.3 Å². The van der Waals surface area contributed by atoms with Crippen LogP contribution in [-0.2, 0) is 17.8 Å². The zero-order valence-corrected chi connectivity index (χ0v) is 19.3. The third-order valence-corrected chi connectivity index (χ3v) is 6.21. The molecule has 0 aliphatic heterocycles. The zero-order chi connectivity index (χ0) is 22.1. The minimum atomic E-state index is 0.0740. The minimum Gasteiger partial charge on any atom is -0.497 e. The second-order valence-corrected chi connectivity index (χ2v) is 8.45. The normalized spacial score (nSPS) is 13.5. The maximum atomic E-state index is 13.4. The summed E-state index contributed by atoms with van der Waals surface area (Å²) in [6.45, 7) is 4.38. The molecule has 0 radical (unpaired) electrons. The molecule has 0 saturated heterocycles. The molecule has 3 aromatic rings. The zero-order valence-electron chi connectivity index (χ0n) is 18.5. The van der Waals surface area contributed by atoms with Gasteiger partial charge in [0.05, 0.1) is 20.6 Å². The van der Waals surface area contributed by atoms with Crippen LogP contribution in [0.1, 0.15) is 35.4 Å². The number of carbonyl (C=O) groups is 1. The molecule has 0 spiro atoms. The topological polar surface area (TPSA) is 81.9 Å². The summed E-state index contributed by atoms with van der Waals surface area (Å²) in [5.74, 6) is 2.14. The van der Waals surface area contributed by atoms with Crippen molar-refractivity contribution >= 4 is 23.4 Å². The maximum Gasteiger partial charge on any atom is 0.253 e.